The Kier molecular flexibility index (Phi) is 3.88. The first-order valence-corrected chi connectivity index (χ1v) is 7.90. The van der Waals surface area contributed by atoms with E-state index in [0.717, 1.165) is 15.8 Å². The smallest absolute Gasteiger partial charge is 0.119 e. The van der Waals surface area contributed by atoms with Gasteiger partial charge in [-0.05, 0) is 52.5 Å². The van der Waals surface area contributed by atoms with Crippen molar-refractivity contribution in [3.63, 3.8) is 0 Å². The van der Waals surface area contributed by atoms with Crippen molar-refractivity contribution < 1.29 is 4.74 Å². The lowest BCUT2D eigenvalue weighted by Gasteiger charge is -2.15. The van der Waals surface area contributed by atoms with Gasteiger partial charge in [0.1, 0.15) is 5.75 Å². The highest BCUT2D eigenvalue weighted by atomic mass is 79.9. The molecule has 1 heterocycles. The number of nitrogens with two attached hydrogens (primary N) is 1. The van der Waals surface area contributed by atoms with Crippen molar-refractivity contribution in [3.05, 3.63) is 50.6 Å². The van der Waals surface area contributed by atoms with E-state index in [0.29, 0.717) is 6.10 Å². The van der Waals surface area contributed by atoms with Crippen molar-refractivity contribution in [2.45, 2.75) is 25.0 Å². The van der Waals surface area contributed by atoms with Crippen molar-refractivity contribution in [1.82, 2.24) is 5.43 Å². The molecule has 1 aliphatic rings. The highest BCUT2D eigenvalue weighted by molar-refractivity contribution is 9.10. The molecule has 1 fully saturated rings. The molecule has 1 unspecified atom stereocenters. The van der Waals surface area contributed by atoms with Crippen LogP contribution in [0.2, 0.25) is 0 Å². The highest BCUT2D eigenvalue weighted by Gasteiger charge is 2.23. The number of benzene rings is 1. The molecule has 0 saturated heterocycles. The van der Waals surface area contributed by atoms with Gasteiger partial charge in [0, 0.05) is 14.7 Å². The van der Waals surface area contributed by atoms with Crippen LogP contribution in [0.3, 0.4) is 0 Å². The quantitative estimate of drug-likeness (QED) is 0.646. The topological polar surface area (TPSA) is 47.3 Å². The SMILES string of the molecule is NNC(c1ccc(OC2CC2)cc1)c1cc(Br)cs1. The Labute approximate surface area is 124 Å². The van der Waals surface area contributed by atoms with Gasteiger partial charge in [-0.15, -0.1) is 11.3 Å². The summed E-state index contributed by atoms with van der Waals surface area (Å²) >= 11 is 5.15. The molecule has 1 aliphatic carbocycles. The van der Waals surface area contributed by atoms with E-state index in [2.05, 4.69) is 44.9 Å². The van der Waals surface area contributed by atoms with Crippen LogP contribution in [0.1, 0.15) is 29.3 Å². The zero-order chi connectivity index (χ0) is 13.2. The molecule has 100 valence electrons. The summed E-state index contributed by atoms with van der Waals surface area (Å²) in [7, 11) is 0. The van der Waals surface area contributed by atoms with Crippen molar-refractivity contribution >= 4 is 27.3 Å². The molecule has 0 aliphatic heterocycles. The minimum absolute atomic E-state index is 0.0197. The molecular formula is C14H15BrN2OS. The molecule has 3 N–H and O–H groups in total. The lowest BCUT2D eigenvalue weighted by Crippen LogP contribution is -2.28. The summed E-state index contributed by atoms with van der Waals surface area (Å²) in [6.45, 7) is 0. The maximum Gasteiger partial charge on any atom is 0.119 e. The highest BCUT2D eigenvalue weighted by Crippen LogP contribution is 2.31. The second-order valence-electron chi connectivity index (χ2n) is 4.65. The van der Waals surface area contributed by atoms with Crippen LogP contribution in [0.5, 0.6) is 5.75 Å². The van der Waals surface area contributed by atoms with Gasteiger partial charge >= 0.3 is 0 Å². The van der Waals surface area contributed by atoms with E-state index in [9.17, 15) is 0 Å². The summed E-state index contributed by atoms with van der Waals surface area (Å²) in [5.41, 5.74) is 4.01. The molecule has 0 spiro atoms. The minimum Gasteiger partial charge on any atom is -0.490 e. The number of ether oxygens (including phenoxy) is 1. The van der Waals surface area contributed by atoms with Gasteiger partial charge in [-0.2, -0.15) is 0 Å². The molecule has 19 heavy (non-hydrogen) atoms. The zero-order valence-corrected chi connectivity index (χ0v) is 12.7. The standard InChI is InChI=1S/C14H15BrN2OS/c15-10-7-13(19-8-10)14(17-16)9-1-3-11(4-2-9)18-12-5-6-12/h1-4,7-8,12,14,17H,5-6,16H2. The normalized spacial score (nSPS) is 16.3. The van der Waals surface area contributed by atoms with Crippen LogP contribution in [0.15, 0.2) is 40.2 Å². The van der Waals surface area contributed by atoms with Crippen molar-refractivity contribution in [3.8, 4) is 5.75 Å². The molecule has 1 aromatic carbocycles. The van der Waals surface area contributed by atoms with E-state index in [1.54, 1.807) is 11.3 Å². The number of halogens is 1. The van der Waals surface area contributed by atoms with Crippen LogP contribution < -0.4 is 16.0 Å². The third-order valence-electron chi connectivity index (χ3n) is 3.08. The summed E-state index contributed by atoms with van der Waals surface area (Å²) < 4.78 is 6.83. The molecule has 1 saturated carbocycles. The largest absolute Gasteiger partial charge is 0.490 e. The number of thiophene rings is 1. The summed E-state index contributed by atoms with van der Waals surface area (Å²) in [5.74, 6) is 6.62. The van der Waals surface area contributed by atoms with Crippen molar-refractivity contribution in [1.29, 1.82) is 0 Å². The molecule has 1 atom stereocenters. The Hall–Kier alpha value is -0.880. The van der Waals surface area contributed by atoms with Gasteiger partial charge in [-0.25, -0.2) is 5.43 Å². The first kappa shape index (κ1) is 13.1. The van der Waals surface area contributed by atoms with E-state index in [1.165, 1.54) is 17.7 Å². The van der Waals surface area contributed by atoms with Crippen LogP contribution in [-0.2, 0) is 0 Å². The molecule has 0 bridgehead atoms. The van der Waals surface area contributed by atoms with Gasteiger partial charge in [0.25, 0.3) is 0 Å². The molecule has 2 aromatic rings. The summed E-state index contributed by atoms with van der Waals surface area (Å²) in [6, 6.07) is 10.3. The Morgan fingerprint density at radius 1 is 1.32 bits per heavy atom. The van der Waals surface area contributed by atoms with E-state index in [1.807, 2.05) is 12.1 Å². The lowest BCUT2D eigenvalue weighted by molar-refractivity contribution is 0.303. The molecule has 0 amide bonds. The predicted octanol–water partition coefficient (Wildman–Crippen LogP) is 3.60. The van der Waals surface area contributed by atoms with Gasteiger partial charge in [-0.3, -0.25) is 5.84 Å². The van der Waals surface area contributed by atoms with E-state index >= 15 is 0 Å². The maximum absolute atomic E-state index is 5.75. The van der Waals surface area contributed by atoms with E-state index in [4.69, 9.17) is 10.6 Å². The summed E-state index contributed by atoms with van der Waals surface area (Å²) in [4.78, 5) is 1.19. The van der Waals surface area contributed by atoms with Gasteiger partial charge in [0.2, 0.25) is 0 Å². The number of rotatable bonds is 5. The Morgan fingerprint density at radius 2 is 2.05 bits per heavy atom. The molecule has 0 radical (unpaired) electrons. The molecule has 3 nitrogen and oxygen atoms in total. The molecule has 5 heteroatoms. The fraction of sp³-hybridized carbons (Fsp3) is 0.286. The van der Waals surface area contributed by atoms with Gasteiger partial charge < -0.3 is 4.74 Å². The van der Waals surface area contributed by atoms with E-state index in [-0.39, 0.29) is 6.04 Å². The number of nitrogens with one attached hydrogen (secondary N) is 1. The average Bonchev–Trinajstić information content (AvgIpc) is 3.13. The van der Waals surface area contributed by atoms with Gasteiger partial charge in [0.15, 0.2) is 0 Å². The Morgan fingerprint density at radius 3 is 2.58 bits per heavy atom. The van der Waals surface area contributed by atoms with Gasteiger partial charge in [-0.1, -0.05) is 12.1 Å². The van der Waals surface area contributed by atoms with Crippen LogP contribution in [-0.4, -0.2) is 6.10 Å². The summed E-state index contributed by atoms with van der Waals surface area (Å²) in [5, 5.41) is 2.06. The van der Waals surface area contributed by atoms with Crippen molar-refractivity contribution in [2.75, 3.05) is 0 Å². The predicted molar refractivity (Wildman–Crippen MR) is 81.3 cm³/mol. The van der Waals surface area contributed by atoms with Gasteiger partial charge in [0.05, 0.1) is 12.1 Å². The maximum atomic E-state index is 5.75. The number of hydrogen-bond acceptors (Lipinski definition) is 4. The van der Waals surface area contributed by atoms with Crippen LogP contribution in [0.25, 0.3) is 0 Å². The first-order chi connectivity index (χ1) is 9.26. The lowest BCUT2D eigenvalue weighted by atomic mass is 10.1. The minimum atomic E-state index is 0.0197. The summed E-state index contributed by atoms with van der Waals surface area (Å²) in [6.07, 6.45) is 2.79. The fourth-order valence-electron chi connectivity index (χ4n) is 1.94. The second kappa shape index (κ2) is 5.63. The Bertz CT molecular complexity index is 551. The Balaban J connectivity index is 1.78. The molecular weight excluding hydrogens is 324 g/mol. The number of hydrogen-bond donors (Lipinski definition) is 2. The second-order valence-corrected chi connectivity index (χ2v) is 6.51. The van der Waals surface area contributed by atoms with Crippen LogP contribution >= 0.6 is 27.3 Å². The third kappa shape index (κ3) is 3.17. The van der Waals surface area contributed by atoms with Crippen LogP contribution in [0, 0.1) is 0 Å². The third-order valence-corrected chi connectivity index (χ3v) is 4.84. The van der Waals surface area contributed by atoms with Crippen molar-refractivity contribution in [2.24, 2.45) is 5.84 Å². The van der Waals surface area contributed by atoms with Crippen LogP contribution in [0.4, 0.5) is 0 Å². The number of hydrazine groups is 1. The molecule has 1 aromatic heterocycles. The average molecular weight is 339 g/mol. The van der Waals surface area contributed by atoms with E-state index < -0.39 is 0 Å². The zero-order valence-electron chi connectivity index (χ0n) is 10.3. The first-order valence-electron chi connectivity index (χ1n) is 6.23. The monoisotopic (exact) mass is 338 g/mol. The molecule has 3 rings (SSSR count). The fourth-order valence-corrected chi connectivity index (χ4v) is 3.47.